The summed E-state index contributed by atoms with van der Waals surface area (Å²) >= 11 is 0. The first-order chi connectivity index (χ1) is 13.3. The molecule has 0 aromatic rings. The van der Waals surface area contributed by atoms with Crippen LogP contribution in [0, 0.1) is 52.3 Å². The maximum absolute atomic E-state index is 10.3. The molecule has 162 valence electrons. The van der Waals surface area contributed by atoms with Gasteiger partial charge in [-0.2, -0.15) is 0 Å². The minimum atomic E-state index is -0.00830. The van der Waals surface area contributed by atoms with E-state index in [0.29, 0.717) is 10.8 Å². The molecular formula is C27H48O. The van der Waals surface area contributed by atoms with Crippen LogP contribution < -0.4 is 0 Å². The number of fused-ring (bicyclic) bond motifs is 5. The van der Waals surface area contributed by atoms with Gasteiger partial charge in [0.05, 0.1) is 6.10 Å². The second-order valence-electron chi connectivity index (χ2n) is 12.6. The lowest BCUT2D eigenvalue weighted by Gasteiger charge is -2.61. The van der Waals surface area contributed by atoms with Crippen molar-refractivity contribution in [3.63, 3.8) is 0 Å². The van der Waals surface area contributed by atoms with Crippen molar-refractivity contribution >= 4 is 0 Å². The summed E-state index contributed by atoms with van der Waals surface area (Å²) in [4.78, 5) is 0. The molecule has 0 aromatic heterocycles. The monoisotopic (exact) mass is 388 g/mol. The molecule has 0 amide bonds. The lowest BCUT2D eigenvalue weighted by Crippen LogP contribution is -2.54. The third-order valence-corrected chi connectivity index (χ3v) is 10.8. The van der Waals surface area contributed by atoms with Crippen LogP contribution in [0.25, 0.3) is 0 Å². The molecule has 0 heterocycles. The highest BCUT2D eigenvalue weighted by Gasteiger charge is 2.60. The largest absolute Gasteiger partial charge is 0.393 e. The van der Waals surface area contributed by atoms with Gasteiger partial charge >= 0.3 is 0 Å². The van der Waals surface area contributed by atoms with E-state index in [-0.39, 0.29) is 6.10 Å². The Morgan fingerprint density at radius 1 is 0.821 bits per heavy atom. The van der Waals surface area contributed by atoms with Gasteiger partial charge in [0, 0.05) is 0 Å². The van der Waals surface area contributed by atoms with Crippen LogP contribution >= 0.6 is 0 Å². The number of hydrogen-bond donors (Lipinski definition) is 1. The van der Waals surface area contributed by atoms with Crippen LogP contribution in [0.4, 0.5) is 0 Å². The molecule has 1 N–H and O–H groups in total. The van der Waals surface area contributed by atoms with Crippen molar-refractivity contribution in [2.24, 2.45) is 52.3 Å². The highest BCUT2D eigenvalue weighted by molar-refractivity contribution is 5.09. The van der Waals surface area contributed by atoms with Gasteiger partial charge in [0.15, 0.2) is 0 Å². The van der Waals surface area contributed by atoms with Gasteiger partial charge in [-0.3, -0.25) is 0 Å². The Hall–Kier alpha value is -0.0400. The van der Waals surface area contributed by atoms with Crippen LogP contribution in [0.2, 0.25) is 0 Å². The Morgan fingerprint density at radius 3 is 2.29 bits per heavy atom. The molecule has 9 atom stereocenters. The first-order valence-electron chi connectivity index (χ1n) is 12.9. The summed E-state index contributed by atoms with van der Waals surface area (Å²) in [7, 11) is 0. The lowest BCUT2D eigenvalue weighted by molar-refractivity contribution is -0.129. The van der Waals surface area contributed by atoms with Gasteiger partial charge in [0.1, 0.15) is 0 Å². The molecule has 28 heavy (non-hydrogen) atoms. The molecule has 0 aliphatic heterocycles. The number of rotatable bonds is 5. The molecule has 4 fully saturated rings. The van der Waals surface area contributed by atoms with E-state index in [1.807, 2.05) is 0 Å². The molecule has 0 spiro atoms. The highest BCUT2D eigenvalue weighted by atomic mass is 16.3. The van der Waals surface area contributed by atoms with Crippen LogP contribution in [0.1, 0.15) is 112 Å². The van der Waals surface area contributed by atoms with E-state index in [1.165, 1.54) is 64.2 Å². The van der Waals surface area contributed by atoms with Crippen molar-refractivity contribution in [2.75, 3.05) is 0 Å². The van der Waals surface area contributed by atoms with E-state index in [4.69, 9.17) is 0 Å². The molecule has 0 saturated heterocycles. The van der Waals surface area contributed by atoms with E-state index in [2.05, 4.69) is 34.6 Å². The second-order valence-corrected chi connectivity index (χ2v) is 12.6. The Labute approximate surface area is 175 Å². The van der Waals surface area contributed by atoms with Crippen molar-refractivity contribution in [3.05, 3.63) is 0 Å². The third kappa shape index (κ3) is 3.50. The van der Waals surface area contributed by atoms with Crippen molar-refractivity contribution in [3.8, 4) is 0 Å². The van der Waals surface area contributed by atoms with E-state index in [1.54, 1.807) is 0 Å². The van der Waals surface area contributed by atoms with Gasteiger partial charge in [0.25, 0.3) is 0 Å². The molecule has 0 radical (unpaired) electrons. The number of aliphatic hydroxyl groups excluding tert-OH is 1. The predicted octanol–water partition coefficient (Wildman–Crippen LogP) is 7.47. The standard InChI is InChI=1S/C27H48O/c1-18(2)7-6-8-19(3)23-11-12-24-22-10-9-20-17-21(28)13-15-26(20,4)25(22)14-16-27(23,24)5/h18-25,28H,6-17H2,1-5H3/t19-,20-,21-,22+,23?,24+,25+,26+,27-/m1/s1. The average molecular weight is 389 g/mol. The fourth-order valence-corrected chi connectivity index (χ4v) is 9.26. The summed E-state index contributed by atoms with van der Waals surface area (Å²) < 4.78 is 0. The zero-order chi connectivity index (χ0) is 20.1. The normalized spacial score (nSPS) is 49.4. The first-order valence-corrected chi connectivity index (χ1v) is 12.9. The van der Waals surface area contributed by atoms with Crippen LogP contribution in [-0.4, -0.2) is 11.2 Å². The van der Waals surface area contributed by atoms with Crippen molar-refractivity contribution in [1.29, 1.82) is 0 Å². The molecule has 0 aromatic carbocycles. The minimum Gasteiger partial charge on any atom is -0.393 e. The van der Waals surface area contributed by atoms with Crippen LogP contribution in [0.3, 0.4) is 0 Å². The Balaban J connectivity index is 1.46. The SMILES string of the molecule is CC(C)CCC[C@@H](C)C1CC[C@H]2[C@@H]3CC[C@@H]4C[C@H](O)CC[C@]4(C)[C@H]3CC[C@]12C. The Kier molecular flexibility index (Phi) is 5.98. The van der Waals surface area contributed by atoms with Crippen LogP contribution in [0.15, 0.2) is 0 Å². The molecule has 4 saturated carbocycles. The fourth-order valence-electron chi connectivity index (χ4n) is 9.26. The topological polar surface area (TPSA) is 20.2 Å². The second kappa shape index (κ2) is 7.90. The Bertz CT molecular complexity index is 540. The van der Waals surface area contributed by atoms with Gasteiger partial charge in [-0.25, -0.2) is 0 Å². The van der Waals surface area contributed by atoms with Gasteiger partial charge in [-0.1, -0.05) is 53.9 Å². The van der Waals surface area contributed by atoms with Crippen molar-refractivity contribution in [1.82, 2.24) is 0 Å². The molecule has 1 unspecified atom stereocenters. The van der Waals surface area contributed by atoms with E-state index < -0.39 is 0 Å². The number of aliphatic hydroxyl groups is 1. The van der Waals surface area contributed by atoms with Gasteiger partial charge in [-0.15, -0.1) is 0 Å². The Morgan fingerprint density at radius 2 is 1.54 bits per heavy atom. The maximum Gasteiger partial charge on any atom is 0.0543 e. The van der Waals surface area contributed by atoms with Gasteiger partial charge < -0.3 is 5.11 Å². The quantitative estimate of drug-likeness (QED) is 0.518. The summed E-state index contributed by atoms with van der Waals surface area (Å²) in [6.07, 6.45) is 16.6. The first kappa shape index (κ1) is 21.2. The van der Waals surface area contributed by atoms with E-state index in [9.17, 15) is 5.11 Å². The molecule has 1 nitrogen and oxygen atoms in total. The predicted molar refractivity (Wildman–Crippen MR) is 119 cm³/mol. The van der Waals surface area contributed by atoms with Crippen LogP contribution in [-0.2, 0) is 0 Å². The van der Waals surface area contributed by atoms with Crippen molar-refractivity contribution < 1.29 is 5.11 Å². The fraction of sp³-hybridized carbons (Fsp3) is 1.00. The third-order valence-electron chi connectivity index (χ3n) is 10.8. The van der Waals surface area contributed by atoms with Crippen molar-refractivity contribution in [2.45, 2.75) is 118 Å². The summed E-state index contributed by atoms with van der Waals surface area (Å²) in [5, 5.41) is 10.3. The van der Waals surface area contributed by atoms with E-state index in [0.717, 1.165) is 54.3 Å². The van der Waals surface area contributed by atoms with Gasteiger partial charge in [-0.05, 0) is 110 Å². The summed E-state index contributed by atoms with van der Waals surface area (Å²) in [5.41, 5.74) is 1.15. The average Bonchev–Trinajstić information content (AvgIpc) is 2.99. The molecule has 4 rings (SSSR count). The molecular weight excluding hydrogens is 340 g/mol. The molecule has 4 aliphatic carbocycles. The van der Waals surface area contributed by atoms with Gasteiger partial charge in [0.2, 0.25) is 0 Å². The zero-order valence-electron chi connectivity index (χ0n) is 19.6. The highest BCUT2D eigenvalue weighted by Crippen LogP contribution is 2.68. The molecule has 1 heteroatoms. The lowest BCUT2D eigenvalue weighted by atomic mass is 9.44. The number of hydrogen-bond acceptors (Lipinski definition) is 1. The molecule has 4 aliphatic rings. The summed E-state index contributed by atoms with van der Waals surface area (Å²) in [6.45, 7) is 12.7. The minimum absolute atomic E-state index is 0.00830. The summed E-state index contributed by atoms with van der Waals surface area (Å²) in [6, 6.07) is 0. The smallest absolute Gasteiger partial charge is 0.0543 e. The maximum atomic E-state index is 10.3. The zero-order valence-corrected chi connectivity index (χ0v) is 19.6. The van der Waals surface area contributed by atoms with Crippen LogP contribution in [0.5, 0.6) is 0 Å². The molecule has 0 bridgehead atoms. The summed E-state index contributed by atoms with van der Waals surface area (Å²) in [5.74, 6) is 6.49. The van der Waals surface area contributed by atoms with E-state index >= 15 is 0 Å².